The lowest BCUT2D eigenvalue weighted by atomic mass is 10.1. The number of aliphatic carboxylic acids is 1. The minimum absolute atomic E-state index is 0.202. The Balaban J connectivity index is 1.82. The second-order valence-electron chi connectivity index (χ2n) is 5.82. The zero-order valence-electron chi connectivity index (χ0n) is 13.5. The van der Waals surface area contributed by atoms with E-state index in [2.05, 4.69) is 16.0 Å². The number of carbonyl (C=O) groups excluding carboxylic acids is 2. The maximum absolute atomic E-state index is 11.8. The quantitative estimate of drug-likeness (QED) is 0.406. The van der Waals surface area contributed by atoms with Gasteiger partial charge in [0.05, 0.1) is 11.4 Å². The molecule has 1 fully saturated rings. The molecule has 0 bridgehead atoms. The van der Waals surface area contributed by atoms with Crippen LogP contribution in [-0.4, -0.2) is 35.5 Å². The first-order valence-electron chi connectivity index (χ1n) is 8.21. The summed E-state index contributed by atoms with van der Waals surface area (Å²) in [5.74, 6) is -1.29. The van der Waals surface area contributed by atoms with Crippen molar-refractivity contribution < 1.29 is 19.5 Å². The number of rotatable bonds is 9. The highest BCUT2D eigenvalue weighted by Gasteiger charge is 2.26. The number of amides is 2. The molecule has 1 aromatic rings. The maximum Gasteiger partial charge on any atom is 0.303 e. The van der Waals surface area contributed by atoms with Gasteiger partial charge in [-0.15, -0.1) is 0 Å². The minimum atomic E-state index is -0.762. The van der Waals surface area contributed by atoms with E-state index in [1.807, 2.05) is 24.3 Å². The number of carboxylic acids is 1. The van der Waals surface area contributed by atoms with Crippen molar-refractivity contribution in [2.75, 3.05) is 17.2 Å². The number of hydrogen-bond acceptors (Lipinski definition) is 5. The number of nitrogens with one attached hydrogen (secondary N) is 3. The summed E-state index contributed by atoms with van der Waals surface area (Å²) in [4.78, 5) is 33.5. The molecule has 130 valence electrons. The number of carbonyl (C=O) groups is 3. The Morgan fingerprint density at radius 2 is 1.92 bits per heavy atom. The van der Waals surface area contributed by atoms with Gasteiger partial charge in [-0.3, -0.25) is 19.7 Å². The predicted octanol–water partition coefficient (Wildman–Crippen LogP) is 1.96. The monoisotopic (exact) mass is 333 g/mol. The number of anilines is 2. The number of hydrogen-bond donors (Lipinski definition) is 4. The lowest BCUT2D eigenvalue weighted by Gasteiger charge is -2.24. The van der Waals surface area contributed by atoms with Gasteiger partial charge in [0.2, 0.25) is 11.8 Å². The number of unbranched alkanes of at least 4 members (excludes halogenated alkanes) is 2. The van der Waals surface area contributed by atoms with Crippen LogP contribution in [0.3, 0.4) is 0 Å². The van der Waals surface area contributed by atoms with Crippen LogP contribution in [0, 0.1) is 0 Å². The molecule has 1 unspecified atom stereocenters. The van der Waals surface area contributed by atoms with Crippen molar-refractivity contribution in [2.45, 2.75) is 44.6 Å². The fraction of sp³-hybridized carbons (Fsp3) is 0.471. The zero-order chi connectivity index (χ0) is 17.4. The molecule has 1 aromatic carbocycles. The summed E-state index contributed by atoms with van der Waals surface area (Å²) in [5.41, 5.74) is 1.71. The summed E-state index contributed by atoms with van der Waals surface area (Å²) >= 11 is 0. The normalized spacial score (nSPS) is 17.2. The SMILES string of the molecule is O=C(O)CCCCCNc1ccccc1NC1CCC(=O)NC1=O. The molecule has 24 heavy (non-hydrogen) atoms. The summed E-state index contributed by atoms with van der Waals surface area (Å²) in [6.07, 6.45) is 3.42. The van der Waals surface area contributed by atoms with E-state index in [0.717, 1.165) is 30.8 Å². The third-order valence-electron chi connectivity index (χ3n) is 3.88. The van der Waals surface area contributed by atoms with Crippen LogP contribution in [0.4, 0.5) is 11.4 Å². The van der Waals surface area contributed by atoms with E-state index >= 15 is 0 Å². The number of benzene rings is 1. The van der Waals surface area contributed by atoms with Crippen LogP contribution in [0.2, 0.25) is 0 Å². The van der Waals surface area contributed by atoms with E-state index in [0.29, 0.717) is 19.3 Å². The van der Waals surface area contributed by atoms with Gasteiger partial charge in [0.1, 0.15) is 6.04 Å². The topological polar surface area (TPSA) is 108 Å². The summed E-state index contributed by atoms with van der Waals surface area (Å²) in [6, 6.07) is 7.18. The van der Waals surface area contributed by atoms with E-state index in [4.69, 9.17) is 5.11 Å². The molecule has 1 atom stereocenters. The maximum atomic E-state index is 11.8. The van der Waals surface area contributed by atoms with Gasteiger partial charge in [-0.25, -0.2) is 0 Å². The van der Waals surface area contributed by atoms with Crippen molar-refractivity contribution >= 4 is 29.2 Å². The first-order chi connectivity index (χ1) is 11.6. The van der Waals surface area contributed by atoms with Crippen LogP contribution >= 0.6 is 0 Å². The molecule has 0 aromatic heterocycles. The number of imide groups is 1. The highest BCUT2D eigenvalue weighted by molar-refractivity contribution is 6.01. The van der Waals surface area contributed by atoms with E-state index in [-0.39, 0.29) is 18.2 Å². The molecule has 2 rings (SSSR count). The van der Waals surface area contributed by atoms with Crippen molar-refractivity contribution in [2.24, 2.45) is 0 Å². The van der Waals surface area contributed by atoms with Crippen LogP contribution in [0.15, 0.2) is 24.3 Å². The van der Waals surface area contributed by atoms with E-state index in [9.17, 15) is 14.4 Å². The standard InChI is InChI=1S/C17H23N3O4/c21-15-10-9-14(17(24)20-15)19-13-7-4-3-6-12(13)18-11-5-1-2-8-16(22)23/h3-4,6-7,14,18-19H,1-2,5,8-11H2,(H,22,23)(H,20,21,24). The first-order valence-corrected chi connectivity index (χ1v) is 8.21. The molecule has 2 amide bonds. The van der Waals surface area contributed by atoms with Crippen LogP contribution in [0.5, 0.6) is 0 Å². The van der Waals surface area contributed by atoms with Gasteiger partial charge in [-0.05, 0) is 31.4 Å². The van der Waals surface area contributed by atoms with Gasteiger partial charge in [0.15, 0.2) is 0 Å². The number of carboxylic acid groups (broad SMARTS) is 1. The third kappa shape index (κ3) is 5.57. The molecule has 0 spiro atoms. The third-order valence-corrected chi connectivity index (χ3v) is 3.88. The zero-order valence-corrected chi connectivity index (χ0v) is 13.5. The van der Waals surface area contributed by atoms with Gasteiger partial charge in [-0.1, -0.05) is 18.6 Å². The van der Waals surface area contributed by atoms with E-state index in [1.54, 1.807) is 0 Å². The molecule has 1 saturated heterocycles. The lowest BCUT2D eigenvalue weighted by molar-refractivity contribution is -0.137. The largest absolute Gasteiger partial charge is 0.481 e. The molecule has 0 aliphatic carbocycles. The van der Waals surface area contributed by atoms with E-state index in [1.165, 1.54) is 0 Å². The smallest absolute Gasteiger partial charge is 0.303 e. The van der Waals surface area contributed by atoms with Crippen LogP contribution in [0.25, 0.3) is 0 Å². The average Bonchev–Trinajstić information content (AvgIpc) is 2.54. The van der Waals surface area contributed by atoms with Gasteiger partial charge in [0, 0.05) is 19.4 Å². The Morgan fingerprint density at radius 3 is 2.62 bits per heavy atom. The van der Waals surface area contributed by atoms with Crippen molar-refractivity contribution in [1.29, 1.82) is 0 Å². The average molecular weight is 333 g/mol. The molecular weight excluding hydrogens is 310 g/mol. The summed E-state index contributed by atoms with van der Waals surface area (Å²) in [5, 5.41) is 17.4. The fourth-order valence-corrected chi connectivity index (χ4v) is 2.58. The van der Waals surface area contributed by atoms with E-state index < -0.39 is 12.0 Å². The molecule has 1 aliphatic rings. The highest BCUT2D eigenvalue weighted by atomic mass is 16.4. The molecule has 1 aliphatic heterocycles. The fourth-order valence-electron chi connectivity index (χ4n) is 2.58. The Morgan fingerprint density at radius 1 is 1.17 bits per heavy atom. The minimum Gasteiger partial charge on any atom is -0.481 e. The second kappa shape index (κ2) is 8.90. The Kier molecular flexibility index (Phi) is 6.60. The molecule has 0 radical (unpaired) electrons. The predicted molar refractivity (Wildman–Crippen MR) is 90.8 cm³/mol. The summed E-state index contributed by atoms with van der Waals surface area (Å²) in [6.45, 7) is 0.730. The van der Waals surface area contributed by atoms with Gasteiger partial charge in [-0.2, -0.15) is 0 Å². The first kappa shape index (κ1) is 17.8. The van der Waals surface area contributed by atoms with Gasteiger partial charge < -0.3 is 15.7 Å². The Labute approximate surface area is 140 Å². The van der Waals surface area contributed by atoms with Gasteiger partial charge >= 0.3 is 5.97 Å². The van der Waals surface area contributed by atoms with Crippen LogP contribution in [0.1, 0.15) is 38.5 Å². The van der Waals surface area contributed by atoms with Crippen LogP contribution in [-0.2, 0) is 14.4 Å². The molecule has 0 saturated carbocycles. The molecule has 1 heterocycles. The number of piperidine rings is 1. The molecule has 7 heteroatoms. The second-order valence-corrected chi connectivity index (χ2v) is 5.82. The summed E-state index contributed by atoms with van der Waals surface area (Å²) in [7, 11) is 0. The van der Waals surface area contributed by atoms with Gasteiger partial charge in [0.25, 0.3) is 0 Å². The van der Waals surface area contributed by atoms with Crippen LogP contribution < -0.4 is 16.0 Å². The van der Waals surface area contributed by atoms with Crippen molar-refractivity contribution in [3.05, 3.63) is 24.3 Å². The Bertz CT molecular complexity index is 603. The Hall–Kier alpha value is -2.57. The molecule has 4 N–H and O–H groups in total. The van der Waals surface area contributed by atoms with Crippen molar-refractivity contribution in [3.8, 4) is 0 Å². The lowest BCUT2D eigenvalue weighted by Crippen LogP contribution is -2.47. The number of para-hydroxylation sites is 2. The van der Waals surface area contributed by atoms with Crippen molar-refractivity contribution in [1.82, 2.24) is 5.32 Å². The molecular formula is C17H23N3O4. The molecule has 7 nitrogen and oxygen atoms in total. The highest BCUT2D eigenvalue weighted by Crippen LogP contribution is 2.23. The van der Waals surface area contributed by atoms with Crippen molar-refractivity contribution in [3.63, 3.8) is 0 Å². The summed E-state index contributed by atoms with van der Waals surface area (Å²) < 4.78 is 0.